The van der Waals surface area contributed by atoms with Crippen molar-refractivity contribution in [1.29, 1.82) is 0 Å². The molecule has 0 radical (unpaired) electrons. The van der Waals surface area contributed by atoms with Gasteiger partial charge in [0.25, 0.3) is 0 Å². The number of hydrogen-bond acceptors (Lipinski definition) is 3. The number of anilines is 1. The van der Waals surface area contributed by atoms with Crippen LogP contribution in [0.5, 0.6) is 0 Å². The third-order valence-corrected chi connectivity index (χ3v) is 2.86. The van der Waals surface area contributed by atoms with Gasteiger partial charge in [-0.3, -0.25) is 4.72 Å². The Hall–Kier alpha value is -1.84. The Balaban J connectivity index is 3.27. The molecule has 100 valence electrons. The van der Waals surface area contributed by atoms with Crippen molar-refractivity contribution in [1.82, 2.24) is 0 Å². The zero-order valence-electron chi connectivity index (χ0n) is 8.32. The first-order chi connectivity index (χ1) is 8.04. The molecule has 0 fully saturated rings. The average Bonchev–Trinajstić information content (AvgIpc) is 2.14. The summed E-state index contributed by atoms with van der Waals surface area (Å²) in [7, 11) is -5.80. The average molecular weight is 287 g/mol. The zero-order valence-corrected chi connectivity index (χ0v) is 9.14. The molecule has 0 aliphatic heterocycles. The molecule has 10 heteroatoms. The number of hydrogen-bond donors (Lipinski definition) is 2. The minimum Gasteiger partial charge on any atom is -0.478 e. The van der Waals surface area contributed by atoms with Crippen LogP contribution in [0.25, 0.3) is 0 Å². The lowest BCUT2D eigenvalue weighted by Crippen LogP contribution is -2.30. The maximum Gasteiger partial charge on any atom is 0.516 e. The van der Waals surface area contributed by atoms with Gasteiger partial charge in [-0.1, -0.05) is 0 Å². The second kappa shape index (κ2) is 4.44. The molecule has 1 aromatic carbocycles. The molecule has 5 nitrogen and oxygen atoms in total. The standard InChI is InChI=1S/C8H5F4NO4S/c9-4-1-2-5(7(14)15)6(3-4)13-18(16,17)8(10,11)12/h1-3,13H,(H,14,15). The van der Waals surface area contributed by atoms with Gasteiger partial charge in [-0.25, -0.2) is 9.18 Å². The molecular formula is C8H5F4NO4S. The second-order valence-corrected chi connectivity index (χ2v) is 4.72. The predicted octanol–water partition coefficient (Wildman–Crippen LogP) is 1.79. The van der Waals surface area contributed by atoms with Crippen molar-refractivity contribution in [3.8, 4) is 0 Å². The summed E-state index contributed by atoms with van der Waals surface area (Å²) >= 11 is 0. The highest BCUT2D eigenvalue weighted by atomic mass is 32.2. The normalized spacial score (nSPS) is 12.2. The Labute approximate surface area is 98.1 Å². The Morgan fingerprint density at radius 1 is 1.28 bits per heavy atom. The summed E-state index contributed by atoms with van der Waals surface area (Å²) in [6.07, 6.45) is 0. The predicted molar refractivity (Wildman–Crippen MR) is 52.0 cm³/mol. The molecule has 0 bridgehead atoms. The van der Waals surface area contributed by atoms with Crippen LogP contribution in [0.15, 0.2) is 18.2 Å². The topological polar surface area (TPSA) is 83.5 Å². The SMILES string of the molecule is O=C(O)c1ccc(F)cc1NS(=O)(=O)C(F)(F)F. The van der Waals surface area contributed by atoms with Crippen molar-refractivity contribution in [3.05, 3.63) is 29.6 Å². The maximum atomic E-state index is 12.8. The van der Waals surface area contributed by atoms with E-state index in [4.69, 9.17) is 5.11 Å². The first kappa shape index (κ1) is 14.2. The molecule has 0 saturated heterocycles. The molecule has 0 aromatic heterocycles. The molecule has 18 heavy (non-hydrogen) atoms. The number of carboxylic acids is 1. The highest BCUT2D eigenvalue weighted by Gasteiger charge is 2.46. The van der Waals surface area contributed by atoms with Gasteiger partial charge >= 0.3 is 21.5 Å². The molecule has 0 spiro atoms. The maximum absolute atomic E-state index is 12.8. The van der Waals surface area contributed by atoms with Gasteiger partial charge in [-0.2, -0.15) is 21.6 Å². The van der Waals surface area contributed by atoms with E-state index in [0.29, 0.717) is 18.2 Å². The summed E-state index contributed by atoms with van der Waals surface area (Å²) in [5.41, 5.74) is -7.43. The molecule has 0 heterocycles. The van der Waals surface area contributed by atoms with Crippen LogP contribution in [0.4, 0.5) is 23.2 Å². The van der Waals surface area contributed by atoms with Gasteiger partial charge in [-0.05, 0) is 18.2 Å². The van der Waals surface area contributed by atoms with Crippen molar-refractivity contribution in [2.45, 2.75) is 5.51 Å². The number of sulfonamides is 1. The third kappa shape index (κ3) is 2.88. The van der Waals surface area contributed by atoms with E-state index in [2.05, 4.69) is 0 Å². The van der Waals surface area contributed by atoms with Crippen molar-refractivity contribution >= 4 is 21.7 Å². The fraction of sp³-hybridized carbons (Fsp3) is 0.125. The minimum absolute atomic E-state index is 0.340. The Kier molecular flexibility index (Phi) is 3.51. The number of alkyl halides is 3. The Morgan fingerprint density at radius 2 is 1.83 bits per heavy atom. The second-order valence-electron chi connectivity index (χ2n) is 3.05. The number of nitrogens with one attached hydrogen (secondary N) is 1. The van der Waals surface area contributed by atoms with Crippen molar-refractivity contribution in [3.63, 3.8) is 0 Å². The molecule has 0 aliphatic rings. The van der Waals surface area contributed by atoms with E-state index < -0.39 is 38.6 Å². The lowest BCUT2D eigenvalue weighted by Gasteiger charge is -2.12. The van der Waals surface area contributed by atoms with Gasteiger partial charge in [0.1, 0.15) is 5.82 Å². The van der Waals surface area contributed by atoms with E-state index in [1.165, 1.54) is 0 Å². The summed E-state index contributed by atoms with van der Waals surface area (Å²) in [4.78, 5) is 10.6. The molecule has 0 atom stereocenters. The molecule has 0 amide bonds. The summed E-state index contributed by atoms with van der Waals surface area (Å²) in [6, 6.07) is 1.66. The molecular weight excluding hydrogens is 282 g/mol. The first-order valence-electron chi connectivity index (χ1n) is 4.16. The molecule has 0 aliphatic carbocycles. The van der Waals surface area contributed by atoms with Crippen molar-refractivity contribution < 1.29 is 35.9 Å². The minimum atomic E-state index is -5.80. The van der Waals surface area contributed by atoms with Crippen LogP contribution in [0, 0.1) is 5.82 Å². The zero-order chi connectivity index (χ0) is 14.1. The largest absolute Gasteiger partial charge is 0.516 e. The highest BCUT2D eigenvalue weighted by Crippen LogP contribution is 2.27. The van der Waals surface area contributed by atoms with E-state index in [1.54, 1.807) is 0 Å². The number of halogens is 4. The van der Waals surface area contributed by atoms with E-state index in [9.17, 15) is 30.8 Å². The van der Waals surface area contributed by atoms with Crippen LogP contribution in [-0.2, 0) is 10.0 Å². The summed E-state index contributed by atoms with van der Waals surface area (Å²) in [5.74, 6) is -2.78. The van der Waals surface area contributed by atoms with E-state index in [1.807, 2.05) is 0 Å². The Bertz CT molecular complexity index is 581. The van der Waals surface area contributed by atoms with Gasteiger partial charge in [0.15, 0.2) is 0 Å². The third-order valence-electron chi connectivity index (χ3n) is 1.76. The van der Waals surface area contributed by atoms with Gasteiger partial charge in [0.2, 0.25) is 0 Å². The van der Waals surface area contributed by atoms with Crippen LogP contribution in [-0.4, -0.2) is 25.0 Å². The van der Waals surface area contributed by atoms with Gasteiger partial charge < -0.3 is 5.11 Å². The number of aromatic carboxylic acids is 1. The quantitative estimate of drug-likeness (QED) is 0.830. The summed E-state index contributed by atoms with van der Waals surface area (Å²) < 4.78 is 71.4. The highest BCUT2D eigenvalue weighted by molar-refractivity contribution is 7.93. The van der Waals surface area contributed by atoms with E-state index in [0.717, 1.165) is 4.72 Å². The molecule has 2 N–H and O–H groups in total. The molecule has 1 aromatic rings. The van der Waals surface area contributed by atoms with E-state index >= 15 is 0 Å². The Morgan fingerprint density at radius 3 is 2.28 bits per heavy atom. The van der Waals surface area contributed by atoms with Crippen LogP contribution >= 0.6 is 0 Å². The van der Waals surface area contributed by atoms with Crippen LogP contribution in [0.2, 0.25) is 0 Å². The monoisotopic (exact) mass is 287 g/mol. The fourth-order valence-corrected chi connectivity index (χ4v) is 1.56. The van der Waals surface area contributed by atoms with Gasteiger partial charge in [-0.15, -0.1) is 0 Å². The van der Waals surface area contributed by atoms with Crippen molar-refractivity contribution in [2.24, 2.45) is 0 Å². The lowest BCUT2D eigenvalue weighted by molar-refractivity contribution is -0.0429. The number of benzene rings is 1. The van der Waals surface area contributed by atoms with Gasteiger partial charge in [0, 0.05) is 0 Å². The lowest BCUT2D eigenvalue weighted by atomic mass is 10.2. The van der Waals surface area contributed by atoms with Gasteiger partial charge in [0.05, 0.1) is 11.3 Å². The first-order valence-corrected chi connectivity index (χ1v) is 5.65. The summed E-state index contributed by atoms with van der Waals surface area (Å²) in [5, 5.41) is 8.62. The van der Waals surface area contributed by atoms with Crippen LogP contribution in [0.3, 0.4) is 0 Å². The number of carboxylic acid groups (broad SMARTS) is 1. The van der Waals surface area contributed by atoms with E-state index in [-0.39, 0.29) is 0 Å². The fourth-order valence-electron chi connectivity index (χ4n) is 0.990. The van der Waals surface area contributed by atoms with Crippen molar-refractivity contribution in [2.75, 3.05) is 4.72 Å². The summed E-state index contributed by atoms with van der Waals surface area (Å²) in [6.45, 7) is 0. The smallest absolute Gasteiger partial charge is 0.478 e. The number of rotatable bonds is 3. The molecule has 0 unspecified atom stereocenters. The molecule has 0 saturated carbocycles. The molecule has 1 rings (SSSR count). The number of carbonyl (C=O) groups is 1. The van der Waals surface area contributed by atoms with Crippen LogP contribution < -0.4 is 4.72 Å². The van der Waals surface area contributed by atoms with Crippen LogP contribution in [0.1, 0.15) is 10.4 Å².